The lowest BCUT2D eigenvalue weighted by Gasteiger charge is -2.25. The molecule has 25 heavy (non-hydrogen) atoms. The van der Waals surface area contributed by atoms with Gasteiger partial charge in [-0.25, -0.2) is 4.39 Å². The average molecular weight is 341 g/mol. The lowest BCUT2D eigenvalue weighted by Crippen LogP contribution is -2.54. The zero-order valence-corrected chi connectivity index (χ0v) is 13.4. The van der Waals surface area contributed by atoms with E-state index < -0.39 is 34.1 Å². The van der Waals surface area contributed by atoms with Gasteiger partial charge in [0.05, 0.1) is 5.92 Å². The highest BCUT2D eigenvalue weighted by molar-refractivity contribution is 6.07. The summed E-state index contributed by atoms with van der Waals surface area (Å²) in [5.74, 6) is -1.39. The Bertz CT molecular complexity index is 870. The van der Waals surface area contributed by atoms with Gasteiger partial charge in [-0.1, -0.05) is 30.3 Å². The molecule has 128 valence electrons. The molecular weight excluding hydrogens is 325 g/mol. The van der Waals surface area contributed by atoms with Crippen LogP contribution in [-0.4, -0.2) is 22.9 Å². The van der Waals surface area contributed by atoms with Crippen molar-refractivity contribution < 1.29 is 14.1 Å². The number of halogens is 1. The van der Waals surface area contributed by atoms with Gasteiger partial charge in [0.25, 0.3) is 11.9 Å². The molecule has 0 aliphatic carbocycles. The van der Waals surface area contributed by atoms with Gasteiger partial charge in [0.2, 0.25) is 0 Å². The van der Waals surface area contributed by atoms with E-state index in [0.29, 0.717) is 16.8 Å². The minimum absolute atomic E-state index is 0.335. The second kappa shape index (κ2) is 5.35. The smallest absolute Gasteiger partial charge is 0.256 e. The molecule has 1 amide bonds. The molecule has 2 heterocycles. The summed E-state index contributed by atoms with van der Waals surface area (Å²) in [5, 5.41) is 18.0. The van der Waals surface area contributed by atoms with Crippen molar-refractivity contribution in [2.75, 3.05) is 5.32 Å². The lowest BCUT2D eigenvalue weighted by atomic mass is 9.78. The van der Waals surface area contributed by atoms with Gasteiger partial charge < -0.3 is 5.32 Å². The molecule has 7 heteroatoms. The maximum atomic E-state index is 13.3. The van der Waals surface area contributed by atoms with Crippen molar-refractivity contribution >= 4 is 11.6 Å². The number of amides is 1. The van der Waals surface area contributed by atoms with Crippen LogP contribution in [-0.2, 0) is 10.3 Å². The average Bonchev–Trinajstić information content (AvgIpc) is 3.04. The maximum absolute atomic E-state index is 13.3. The number of fused-ring (bicyclic) bond motifs is 2. The molecule has 2 N–H and O–H groups in total. The zero-order chi connectivity index (χ0) is 17.8. The number of anilines is 1. The summed E-state index contributed by atoms with van der Waals surface area (Å²) in [7, 11) is 0. The van der Waals surface area contributed by atoms with Crippen LogP contribution in [0.3, 0.4) is 0 Å². The van der Waals surface area contributed by atoms with E-state index in [1.807, 2.05) is 6.92 Å². The summed E-state index contributed by atoms with van der Waals surface area (Å²) in [6.07, 6.45) is 0. The highest BCUT2D eigenvalue weighted by atomic mass is 19.1. The Morgan fingerprint density at radius 2 is 1.84 bits per heavy atom. The fourth-order valence-electron chi connectivity index (χ4n) is 4.24. The number of carbonyl (C=O) groups excluding carboxylic acids is 1. The first kappa shape index (κ1) is 15.7. The van der Waals surface area contributed by atoms with Crippen LogP contribution in [0.2, 0.25) is 0 Å². The van der Waals surface area contributed by atoms with Gasteiger partial charge in [-0.3, -0.25) is 20.2 Å². The highest BCUT2D eigenvalue weighted by Gasteiger charge is 2.67. The molecular formula is C18H16FN3O3. The molecule has 4 rings (SSSR count). The van der Waals surface area contributed by atoms with Crippen molar-refractivity contribution in [2.45, 2.75) is 30.5 Å². The minimum Gasteiger partial charge on any atom is -0.324 e. The van der Waals surface area contributed by atoms with Gasteiger partial charge in [-0.05, 0) is 30.7 Å². The summed E-state index contributed by atoms with van der Waals surface area (Å²) in [6.45, 7) is 1.81. The van der Waals surface area contributed by atoms with Gasteiger partial charge in [-0.15, -0.1) is 0 Å². The molecule has 0 aromatic heterocycles. The third-order valence-electron chi connectivity index (χ3n) is 5.22. The van der Waals surface area contributed by atoms with Crippen LogP contribution >= 0.6 is 0 Å². The summed E-state index contributed by atoms with van der Waals surface area (Å²) >= 11 is 0. The first-order chi connectivity index (χ1) is 11.9. The molecule has 4 atom stereocenters. The molecule has 1 saturated heterocycles. The summed E-state index contributed by atoms with van der Waals surface area (Å²) in [6, 6.07) is 11.1. The second-order valence-corrected chi connectivity index (χ2v) is 6.55. The zero-order valence-electron chi connectivity index (χ0n) is 13.4. The van der Waals surface area contributed by atoms with Crippen molar-refractivity contribution in [1.82, 2.24) is 5.32 Å². The molecule has 2 aromatic carbocycles. The van der Waals surface area contributed by atoms with Crippen LogP contribution in [0.25, 0.3) is 0 Å². The first-order valence-electron chi connectivity index (χ1n) is 8.03. The van der Waals surface area contributed by atoms with Crippen molar-refractivity contribution in [3.05, 3.63) is 75.6 Å². The molecule has 0 radical (unpaired) electrons. The van der Waals surface area contributed by atoms with Crippen LogP contribution < -0.4 is 10.6 Å². The molecule has 2 aliphatic heterocycles. The number of nitro groups is 1. The fourth-order valence-corrected chi connectivity index (χ4v) is 4.24. The van der Waals surface area contributed by atoms with Gasteiger partial charge in [-0.2, -0.15) is 0 Å². The van der Waals surface area contributed by atoms with Gasteiger partial charge in [0.1, 0.15) is 5.82 Å². The molecule has 0 unspecified atom stereocenters. The molecule has 1 fully saturated rings. The third kappa shape index (κ3) is 2.09. The molecule has 2 aromatic rings. The van der Waals surface area contributed by atoms with E-state index in [2.05, 4.69) is 10.6 Å². The van der Waals surface area contributed by atoms with E-state index in [-0.39, 0.29) is 6.04 Å². The number of rotatable bonds is 2. The van der Waals surface area contributed by atoms with Crippen LogP contribution in [0, 0.1) is 15.9 Å². The Morgan fingerprint density at radius 3 is 2.52 bits per heavy atom. The molecule has 2 aliphatic rings. The second-order valence-electron chi connectivity index (χ2n) is 6.55. The summed E-state index contributed by atoms with van der Waals surface area (Å²) in [4.78, 5) is 24.4. The molecule has 6 nitrogen and oxygen atoms in total. The molecule has 1 spiro atoms. The first-order valence-corrected chi connectivity index (χ1v) is 8.03. The number of nitrogens with one attached hydrogen (secondary N) is 2. The number of hydrogen-bond donors (Lipinski definition) is 2. The Morgan fingerprint density at radius 1 is 1.16 bits per heavy atom. The van der Waals surface area contributed by atoms with Crippen molar-refractivity contribution in [1.29, 1.82) is 0 Å². The fraction of sp³-hybridized carbons (Fsp3) is 0.278. The third-order valence-corrected chi connectivity index (χ3v) is 5.22. The van der Waals surface area contributed by atoms with Crippen molar-refractivity contribution in [3.63, 3.8) is 0 Å². The SMILES string of the molecule is C[C@@H]1N[C@]2(C(=O)Nc3ccccc32)[C@H]([N+](=O)[O-])[C@@H]1c1ccc(F)cc1. The van der Waals surface area contributed by atoms with E-state index in [0.717, 1.165) is 0 Å². The van der Waals surface area contributed by atoms with E-state index in [4.69, 9.17) is 0 Å². The number of para-hydroxylation sites is 1. The van der Waals surface area contributed by atoms with Crippen LogP contribution in [0.5, 0.6) is 0 Å². The summed E-state index contributed by atoms with van der Waals surface area (Å²) in [5.41, 5.74) is 0.368. The predicted octanol–water partition coefficient (Wildman–Crippen LogP) is 2.39. The highest BCUT2D eigenvalue weighted by Crippen LogP contribution is 2.49. The minimum atomic E-state index is -1.43. The Balaban J connectivity index is 1.89. The van der Waals surface area contributed by atoms with Crippen molar-refractivity contribution in [2.24, 2.45) is 0 Å². The van der Waals surface area contributed by atoms with Gasteiger partial charge in [0, 0.05) is 22.2 Å². The Kier molecular flexibility index (Phi) is 3.36. The predicted molar refractivity (Wildman–Crippen MR) is 89.3 cm³/mol. The van der Waals surface area contributed by atoms with E-state index in [1.165, 1.54) is 12.1 Å². The summed E-state index contributed by atoms with van der Waals surface area (Å²) < 4.78 is 13.3. The van der Waals surface area contributed by atoms with E-state index in [1.54, 1.807) is 36.4 Å². The normalized spacial score (nSPS) is 30.3. The van der Waals surface area contributed by atoms with Gasteiger partial charge >= 0.3 is 0 Å². The maximum Gasteiger partial charge on any atom is 0.256 e. The van der Waals surface area contributed by atoms with E-state index in [9.17, 15) is 19.3 Å². The monoisotopic (exact) mass is 341 g/mol. The quantitative estimate of drug-likeness (QED) is 0.649. The molecule has 0 saturated carbocycles. The number of nitrogens with zero attached hydrogens (tertiary/aromatic N) is 1. The van der Waals surface area contributed by atoms with Crippen LogP contribution in [0.15, 0.2) is 48.5 Å². The standard InChI is InChI=1S/C18H16FN3O3/c1-10-15(11-6-8-12(19)9-7-11)16(22(24)25)18(21-10)13-4-2-3-5-14(13)20-17(18)23/h2-10,15-16,21H,1H3,(H,20,23)/t10-,15-,16+,18-/m0/s1. The lowest BCUT2D eigenvalue weighted by molar-refractivity contribution is -0.532. The largest absolute Gasteiger partial charge is 0.324 e. The van der Waals surface area contributed by atoms with Gasteiger partial charge in [0.15, 0.2) is 5.54 Å². The van der Waals surface area contributed by atoms with E-state index >= 15 is 0 Å². The van der Waals surface area contributed by atoms with Crippen LogP contribution in [0.4, 0.5) is 10.1 Å². The Labute approximate surface area is 143 Å². The number of hydrogen-bond acceptors (Lipinski definition) is 4. The number of benzene rings is 2. The number of carbonyl (C=O) groups is 1. The topological polar surface area (TPSA) is 84.3 Å². The Hall–Kier alpha value is -2.80. The van der Waals surface area contributed by atoms with Crippen LogP contribution in [0.1, 0.15) is 24.0 Å². The van der Waals surface area contributed by atoms with Crippen molar-refractivity contribution in [3.8, 4) is 0 Å². The molecule has 0 bridgehead atoms.